The van der Waals surface area contributed by atoms with Gasteiger partial charge in [0, 0.05) is 18.7 Å². The molecule has 31 heavy (non-hydrogen) atoms. The quantitative estimate of drug-likeness (QED) is 0.378. The van der Waals surface area contributed by atoms with Crippen molar-refractivity contribution in [3.05, 3.63) is 88.1 Å². The molecule has 154 valence electrons. The van der Waals surface area contributed by atoms with Crippen LogP contribution >= 0.6 is 15.9 Å². The van der Waals surface area contributed by atoms with Crippen LogP contribution in [0.15, 0.2) is 64.0 Å². The molecule has 6 rings (SSSR count). The summed E-state index contributed by atoms with van der Waals surface area (Å²) in [5.41, 5.74) is 3.26. The van der Waals surface area contributed by atoms with E-state index in [-0.39, 0.29) is 11.7 Å². The number of furan rings is 1. The molecule has 1 aliphatic heterocycles. The summed E-state index contributed by atoms with van der Waals surface area (Å²) < 4.78 is 22.7. The Morgan fingerprint density at radius 1 is 1.26 bits per heavy atom. The predicted molar refractivity (Wildman–Crippen MR) is 114 cm³/mol. The fraction of sp³-hybridized carbons (Fsp3) is 0.136. The summed E-state index contributed by atoms with van der Waals surface area (Å²) in [5.74, 6) is -0.0808. The van der Waals surface area contributed by atoms with E-state index in [1.54, 1.807) is 40.1 Å². The van der Waals surface area contributed by atoms with Gasteiger partial charge in [-0.3, -0.25) is 4.79 Å². The number of nitrogens with zero attached hydrogens (tertiary/aromatic N) is 4. The zero-order valence-electron chi connectivity index (χ0n) is 16.0. The molecule has 0 saturated heterocycles. The van der Waals surface area contributed by atoms with Crippen LogP contribution in [0.25, 0.3) is 16.5 Å². The van der Waals surface area contributed by atoms with Crippen molar-refractivity contribution in [1.29, 1.82) is 0 Å². The van der Waals surface area contributed by atoms with Crippen LogP contribution < -0.4 is 0 Å². The number of benzene rings is 1. The summed E-state index contributed by atoms with van der Waals surface area (Å²) in [6.07, 6.45) is 3.81. The van der Waals surface area contributed by atoms with Crippen LogP contribution in [0.5, 0.6) is 0 Å². The lowest BCUT2D eigenvalue weighted by atomic mass is 9.99. The average molecular weight is 480 g/mol. The topological polar surface area (TPSA) is 79.4 Å². The van der Waals surface area contributed by atoms with E-state index in [0.717, 1.165) is 10.3 Å². The third kappa shape index (κ3) is 2.73. The van der Waals surface area contributed by atoms with E-state index in [4.69, 9.17) is 4.42 Å². The predicted octanol–water partition coefficient (Wildman–Crippen LogP) is 4.49. The Bertz CT molecular complexity index is 1470. The van der Waals surface area contributed by atoms with Crippen LogP contribution in [-0.2, 0) is 6.42 Å². The number of aromatic nitrogens is 4. The number of carbonyl (C=O) groups excluding carboxylic acids is 1. The number of hydrogen-bond acceptors (Lipinski definition) is 4. The van der Waals surface area contributed by atoms with Crippen molar-refractivity contribution in [3.63, 3.8) is 0 Å². The zero-order chi connectivity index (χ0) is 21.1. The molecule has 0 bridgehead atoms. The second-order valence-electron chi connectivity index (χ2n) is 7.42. The molecule has 0 spiro atoms. The second-order valence-corrected chi connectivity index (χ2v) is 8.23. The minimum atomic E-state index is -0.573. The van der Waals surface area contributed by atoms with Gasteiger partial charge in [-0.15, -0.1) is 0 Å². The maximum atomic E-state index is 14.3. The third-order valence-electron chi connectivity index (χ3n) is 5.71. The Labute approximate surface area is 183 Å². The molecule has 0 radical (unpaired) electrons. The molecular formula is C22H15BrFN5O2. The van der Waals surface area contributed by atoms with E-state index >= 15 is 0 Å². The molecule has 9 heteroatoms. The number of pyridine rings is 1. The molecular weight excluding hydrogens is 465 g/mol. The highest BCUT2D eigenvalue weighted by molar-refractivity contribution is 9.10. The van der Waals surface area contributed by atoms with E-state index in [1.165, 1.54) is 6.07 Å². The Morgan fingerprint density at radius 3 is 3.00 bits per heavy atom. The molecule has 5 aromatic rings. The number of amides is 1. The van der Waals surface area contributed by atoms with Crippen LogP contribution in [0, 0.1) is 5.82 Å². The lowest BCUT2D eigenvalue weighted by molar-refractivity contribution is 0.0675. The van der Waals surface area contributed by atoms with Gasteiger partial charge in [0.1, 0.15) is 27.8 Å². The molecule has 7 nitrogen and oxygen atoms in total. The molecule has 1 N–H and O–H groups in total. The van der Waals surface area contributed by atoms with E-state index < -0.39 is 6.04 Å². The molecule has 5 heterocycles. The Balaban J connectivity index is 1.50. The van der Waals surface area contributed by atoms with E-state index in [9.17, 15) is 9.18 Å². The maximum absolute atomic E-state index is 14.3. The second kappa shape index (κ2) is 6.78. The molecule has 0 fully saturated rings. The SMILES string of the molecule is O=C(c1cnn2c(Br)cccc12)N1CCc2[nH]cnc2[C@@H]1c1cc2c(F)cccc2o1. The van der Waals surface area contributed by atoms with Gasteiger partial charge in [-0.2, -0.15) is 5.10 Å². The van der Waals surface area contributed by atoms with E-state index in [1.807, 2.05) is 18.2 Å². The van der Waals surface area contributed by atoms with Gasteiger partial charge in [-0.25, -0.2) is 13.9 Å². The normalized spacial score (nSPS) is 16.2. The first-order valence-electron chi connectivity index (χ1n) is 9.75. The van der Waals surface area contributed by atoms with Crippen molar-refractivity contribution in [2.75, 3.05) is 6.54 Å². The highest BCUT2D eigenvalue weighted by Gasteiger charge is 2.37. The van der Waals surface area contributed by atoms with Gasteiger partial charge in [-0.1, -0.05) is 12.1 Å². The van der Waals surface area contributed by atoms with Gasteiger partial charge >= 0.3 is 0 Å². The molecule has 0 saturated carbocycles. The van der Waals surface area contributed by atoms with Crippen LogP contribution in [0.4, 0.5) is 4.39 Å². The molecule has 1 aromatic carbocycles. The summed E-state index contributed by atoms with van der Waals surface area (Å²) in [6.45, 7) is 0.462. The van der Waals surface area contributed by atoms with Crippen LogP contribution in [0.2, 0.25) is 0 Å². The largest absolute Gasteiger partial charge is 0.458 e. The van der Waals surface area contributed by atoms with Crippen LogP contribution in [0.1, 0.15) is 33.5 Å². The van der Waals surface area contributed by atoms with Crippen LogP contribution in [-0.4, -0.2) is 36.9 Å². The summed E-state index contributed by atoms with van der Waals surface area (Å²) in [5, 5.41) is 4.72. The van der Waals surface area contributed by atoms with Crippen molar-refractivity contribution >= 4 is 38.3 Å². The third-order valence-corrected chi connectivity index (χ3v) is 6.31. The van der Waals surface area contributed by atoms with Gasteiger partial charge < -0.3 is 14.3 Å². The van der Waals surface area contributed by atoms with Crippen LogP contribution in [0.3, 0.4) is 0 Å². The number of aromatic amines is 1. The van der Waals surface area contributed by atoms with Gasteiger partial charge in [0.2, 0.25) is 0 Å². The smallest absolute Gasteiger partial charge is 0.258 e. The van der Waals surface area contributed by atoms with Gasteiger partial charge in [-0.05, 0) is 46.3 Å². The molecule has 0 unspecified atom stereocenters. The minimum Gasteiger partial charge on any atom is -0.458 e. The first kappa shape index (κ1) is 18.3. The van der Waals surface area contributed by atoms with Gasteiger partial charge in [0.25, 0.3) is 5.91 Å². The Hall–Kier alpha value is -3.46. The number of imidazole rings is 1. The number of hydrogen-bond donors (Lipinski definition) is 1. The zero-order valence-corrected chi connectivity index (χ0v) is 17.6. The number of rotatable bonds is 2. The fourth-order valence-electron chi connectivity index (χ4n) is 4.26. The highest BCUT2D eigenvalue weighted by Crippen LogP contribution is 2.38. The molecule has 1 atom stereocenters. The first-order valence-corrected chi connectivity index (χ1v) is 10.5. The number of nitrogens with one attached hydrogen (secondary N) is 1. The van der Waals surface area contributed by atoms with Crippen molar-refractivity contribution < 1.29 is 13.6 Å². The number of carbonyl (C=O) groups is 1. The molecule has 4 aromatic heterocycles. The Morgan fingerprint density at radius 2 is 2.13 bits per heavy atom. The van der Waals surface area contributed by atoms with Gasteiger partial charge in [0.15, 0.2) is 0 Å². The average Bonchev–Trinajstić information content (AvgIpc) is 3.50. The molecule has 1 amide bonds. The lowest BCUT2D eigenvalue weighted by Gasteiger charge is -2.33. The fourth-order valence-corrected chi connectivity index (χ4v) is 4.70. The highest BCUT2D eigenvalue weighted by atomic mass is 79.9. The standard InChI is InChI=1S/C22H15BrFN5O2/c23-19-6-2-4-16-13(10-27-29(16)19)22(30)28-8-7-15-20(26-11-25-15)21(28)18-9-12-14(24)3-1-5-17(12)31-18/h1-6,9-11,21H,7-8H2,(H,25,26)/t21-/m0/s1. The molecule has 0 aliphatic carbocycles. The maximum Gasteiger partial charge on any atom is 0.258 e. The monoisotopic (exact) mass is 479 g/mol. The van der Waals surface area contributed by atoms with Crippen molar-refractivity contribution in [2.45, 2.75) is 12.5 Å². The van der Waals surface area contributed by atoms with Crippen molar-refractivity contribution in [2.24, 2.45) is 0 Å². The minimum absolute atomic E-state index is 0.187. The van der Waals surface area contributed by atoms with Gasteiger partial charge in [0.05, 0.1) is 34.7 Å². The number of halogens is 2. The van der Waals surface area contributed by atoms with Crippen molar-refractivity contribution in [1.82, 2.24) is 24.5 Å². The van der Waals surface area contributed by atoms with E-state index in [0.29, 0.717) is 46.5 Å². The summed E-state index contributed by atoms with van der Waals surface area (Å²) >= 11 is 3.46. The number of H-pyrrole nitrogens is 1. The van der Waals surface area contributed by atoms with E-state index in [2.05, 4.69) is 31.0 Å². The summed E-state index contributed by atoms with van der Waals surface area (Å²) in [6, 6.07) is 11.4. The molecule has 1 aliphatic rings. The summed E-state index contributed by atoms with van der Waals surface area (Å²) in [4.78, 5) is 23.0. The number of fused-ring (bicyclic) bond motifs is 3. The summed E-state index contributed by atoms with van der Waals surface area (Å²) in [7, 11) is 0. The lowest BCUT2D eigenvalue weighted by Crippen LogP contribution is -2.40. The first-order chi connectivity index (χ1) is 15.1. The van der Waals surface area contributed by atoms with Crippen molar-refractivity contribution in [3.8, 4) is 0 Å². The Kier molecular flexibility index (Phi) is 4.01.